The molecule has 1 fully saturated rings. The second-order valence-corrected chi connectivity index (χ2v) is 6.90. The van der Waals surface area contributed by atoms with E-state index < -0.39 is 0 Å². The maximum absolute atomic E-state index is 12.9. The Labute approximate surface area is 159 Å². The summed E-state index contributed by atoms with van der Waals surface area (Å²) in [5.74, 6) is 1.09. The quantitative estimate of drug-likeness (QED) is 0.645. The van der Waals surface area contributed by atoms with E-state index in [-0.39, 0.29) is 5.91 Å². The lowest BCUT2D eigenvalue weighted by molar-refractivity contribution is 0.0303. The van der Waals surface area contributed by atoms with Gasteiger partial charge in [-0.15, -0.1) is 0 Å². The second kappa shape index (κ2) is 7.43. The van der Waals surface area contributed by atoms with E-state index in [1.54, 1.807) is 11.1 Å². The molecule has 2 heterocycles. The van der Waals surface area contributed by atoms with Crippen LogP contribution in [0.2, 0.25) is 0 Å². The molecule has 0 N–H and O–H groups in total. The molecule has 0 aliphatic carbocycles. The van der Waals surface area contributed by atoms with E-state index >= 15 is 0 Å². The summed E-state index contributed by atoms with van der Waals surface area (Å²) in [6, 6.07) is 15.2. The number of amides is 1. The molecule has 0 bridgehead atoms. The van der Waals surface area contributed by atoms with Gasteiger partial charge in [0.15, 0.2) is 5.76 Å². The lowest BCUT2D eigenvalue weighted by Gasteiger charge is -2.27. The third-order valence-electron chi connectivity index (χ3n) is 4.32. The van der Waals surface area contributed by atoms with Crippen molar-refractivity contribution in [2.45, 2.75) is 0 Å². The van der Waals surface area contributed by atoms with Crippen molar-refractivity contribution in [1.82, 2.24) is 9.88 Å². The molecular weight excluding hydrogens is 396 g/mol. The summed E-state index contributed by atoms with van der Waals surface area (Å²) in [4.78, 5) is 19.1. The molecule has 5 nitrogen and oxygen atoms in total. The number of carbonyl (C=O) groups is 1. The van der Waals surface area contributed by atoms with Crippen molar-refractivity contribution in [3.63, 3.8) is 0 Å². The summed E-state index contributed by atoms with van der Waals surface area (Å²) in [6.07, 6.45) is 1.69. The third-order valence-corrected chi connectivity index (χ3v) is 4.85. The van der Waals surface area contributed by atoms with Gasteiger partial charge in [0, 0.05) is 28.7 Å². The molecule has 0 unspecified atom stereocenters. The van der Waals surface area contributed by atoms with Crippen molar-refractivity contribution in [2.24, 2.45) is 0 Å². The first-order valence-electron chi connectivity index (χ1n) is 8.40. The fourth-order valence-electron chi connectivity index (χ4n) is 2.94. The van der Waals surface area contributed by atoms with Gasteiger partial charge in [0.25, 0.3) is 5.91 Å². The first-order chi connectivity index (χ1) is 12.7. The molecule has 0 radical (unpaired) electrons. The van der Waals surface area contributed by atoms with E-state index in [2.05, 4.69) is 20.9 Å². The summed E-state index contributed by atoms with van der Waals surface area (Å²) < 4.78 is 12.3. The predicted molar refractivity (Wildman–Crippen MR) is 102 cm³/mol. The van der Waals surface area contributed by atoms with Gasteiger partial charge in [-0.1, -0.05) is 40.2 Å². The third kappa shape index (κ3) is 3.43. The zero-order valence-corrected chi connectivity index (χ0v) is 15.6. The Kier molecular flexibility index (Phi) is 4.86. The lowest BCUT2D eigenvalue weighted by atomic mass is 10.1. The Bertz CT molecular complexity index is 915. The van der Waals surface area contributed by atoms with Crippen LogP contribution in [0.15, 0.2) is 63.6 Å². The van der Waals surface area contributed by atoms with Crippen LogP contribution >= 0.6 is 15.9 Å². The highest BCUT2D eigenvalue weighted by atomic mass is 79.9. The number of ether oxygens (including phenoxy) is 1. The van der Waals surface area contributed by atoms with E-state index in [1.807, 2.05) is 48.5 Å². The SMILES string of the molecule is O=C(c1ccccc1-c1ncc(-c2ccc(Br)cc2)o1)N1CCOCC1. The molecule has 0 saturated carbocycles. The summed E-state index contributed by atoms with van der Waals surface area (Å²) in [5.41, 5.74) is 2.23. The highest BCUT2D eigenvalue weighted by molar-refractivity contribution is 9.10. The zero-order chi connectivity index (χ0) is 17.9. The summed E-state index contributed by atoms with van der Waals surface area (Å²) in [7, 11) is 0. The molecular formula is C20H17BrN2O3. The molecule has 1 aromatic heterocycles. The van der Waals surface area contributed by atoms with Crippen molar-refractivity contribution in [2.75, 3.05) is 26.3 Å². The molecule has 0 atom stereocenters. The number of rotatable bonds is 3. The van der Waals surface area contributed by atoms with Crippen LogP contribution in [0.3, 0.4) is 0 Å². The molecule has 3 aromatic rings. The molecule has 1 aliphatic rings. The van der Waals surface area contributed by atoms with E-state index in [1.165, 1.54) is 0 Å². The van der Waals surface area contributed by atoms with Gasteiger partial charge >= 0.3 is 0 Å². The maximum Gasteiger partial charge on any atom is 0.254 e. The van der Waals surface area contributed by atoms with Crippen molar-refractivity contribution >= 4 is 21.8 Å². The molecule has 1 amide bonds. The first-order valence-corrected chi connectivity index (χ1v) is 9.20. The monoisotopic (exact) mass is 412 g/mol. The molecule has 0 spiro atoms. The van der Waals surface area contributed by atoms with Gasteiger partial charge in [-0.05, 0) is 24.3 Å². The number of aromatic nitrogens is 1. The van der Waals surface area contributed by atoms with Gasteiger partial charge in [0.2, 0.25) is 5.89 Å². The number of hydrogen-bond acceptors (Lipinski definition) is 4. The number of oxazole rings is 1. The van der Waals surface area contributed by atoms with Crippen molar-refractivity contribution in [1.29, 1.82) is 0 Å². The summed E-state index contributed by atoms with van der Waals surface area (Å²) in [6.45, 7) is 2.34. The highest BCUT2D eigenvalue weighted by Crippen LogP contribution is 2.29. The van der Waals surface area contributed by atoms with Gasteiger partial charge in [-0.25, -0.2) is 4.98 Å². The lowest BCUT2D eigenvalue weighted by Crippen LogP contribution is -2.40. The van der Waals surface area contributed by atoms with Crippen LogP contribution in [0, 0.1) is 0 Å². The molecule has 4 rings (SSSR count). The van der Waals surface area contributed by atoms with Gasteiger partial charge in [0.05, 0.1) is 25.0 Å². The number of carbonyl (C=O) groups excluding carboxylic acids is 1. The van der Waals surface area contributed by atoms with E-state index in [4.69, 9.17) is 9.15 Å². The van der Waals surface area contributed by atoms with Gasteiger partial charge in [-0.3, -0.25) is 4.79 Å². The number of nitrogens with zero attached hydrogens (tertiary/aromatic N) is 2. The topological polar surface area (TPSA) is 55.6 Å². The average Bonchev–Trinajstić information content (AvgIpc) is 3.19. The Hall–Kier alpha value is -2.44. The van der Waals surface area contributed by atoms with E-state index in [0.29, 0.717) is 49.1 Å². The molecule has 132 valence electrons. The minimum Gasteiger partial charge on any atom is -0.436 e. The Morgan fingerprint density at radius 2 is 1.77 bits per heavy atom. The smallest absolute Gasteiger partial charge is 0.254 e. The van der Waals surface area contributed by atoms with E-state index in [0.717, 1.165) is 10.0 Å². The maximum atomic E-state index is 12.9. The number of hydrogen-bond donors (Lipinski definition) is 0. The number of morpholine rings is 1. The Morgan fingerprint density at radius 3 is 2.54 bits per heavy atom. The van der Waals surface area contributed by atoms with Crippen molar-refractivity contribution in [3.8, 4) is 22.8 Å². The average molecular weight is 413 g/mol. The minimum atomic E-state index is -0.0210. The molecule has 6 heteroatoms. The van der Waals surface area contributed by atoms with Crippen LogP contribution in [0.4, 0.5) is 0 Å². The fourth-order valence-corrected chi connectivity index (χ4v) is 3.20. The van der Waals surface area contributed by atoms with Crippen LogP contribution in [0.25, 0.3) is 22.8 Å². The van der Waals surface area contributed by atoms with Gasteiger partial charge in [0.1, 0.15) is 0 Å². The Morgan fingerprint density at radius 1 is 1.04 bits per heavy atom. The van der Waals surface area contributed by atoms with Crippen LogP contribution in [-0.4, -0.2) is 42.1 Å². The van der Waals surface area contributed by atoms with Gasteiger partial charge < -0.3 is 14.1 Å². The molecule has 2 aromatic carbocycles. The van der Waals surface area contributed by atoms with E-state index in [9.17, 15) is 4.79 Å². The molecule has 1 saturated heterocycles. The predicted octanol–water partition coefficient (Wildman–Crippen LogP) is 4.24. The minimum absolute atomic E-state index is 0.0210. The van der Waals surface area contributed by atoms with Crippen LogP contribution in [0.5, 0.6) is 0 Å². The van der Waals surface area contributed by atoms with Crippen LogP contribution in [-0.2, 0) is 4.74 Å². The highest BCUT2D eigenvalue weighted by Gasteiger charge is 2.23. The number of halogens is 1. The van der Waals surface area contributed by atoms with Crippen molar-refractivity contribution < 1.29 is 13.9 Å². The molecule has 1 aliphatic heterocycles. The largest absolute Gasteiger partial charge is 0.436 e. The van der Waals surface area contributed by atoms with Crippen molar-refractivity contribution in [3.05, 3.63) is 64.8 Å². The fraction of sp³-hybridized carbons (Fsp3) is 0.200. The van der Waals surface area contributed by atoms with Crippen LogP contribution < -0.4 is 0 Å². The summed E-state index contributed by atoms with van der Waals surface area (Å²) >= 11 is 3.43. The second-order valence-electron chi connectivity index (χ2n) is 5.99. The zero-order valence-electron chi connectivity index (χ0n) is 14.0. The first kappa shape index (κ1) is 17.0. The Balaban J connectivity index is 1.66. The normalized spacial score (nSPS) is 14.4. The standard InChI is InChI=1S/C20H17BrN2O3/c21-15-7-5-14(6-8-15)18-13-22-19(26-18)16-3-1-2-4-17(16)20(24)23-9-11-25-12-10-23/h1-8,13H,9-12H2. The van der Waals surface area contributed by atoms with Gasteiger partial charge in [-0.2, -0.15) is 0 Å². The molecule has 26 heavy (non-hydrogen) atoms. The number of benzene rings is 2. The van der Waals surface area contributed by atoms with Crippen LogP contribution in [0.1, 0.15) is 10.4 Å². The summed E-state index contributed by atoms with van der Waals surface area (Å²) in [5, 5.41) is 0.